The van der Waals surface area contributed by atoms with E-state index in [2.05, 4.69) is 39.6 Å². The van der Waals surface area contributed by atoms with Gasteiger partial charge >= 0.3 is 5.97 Å². The second kappa shape index (κ2) is 17.8. The fourth-order valence-corrected chi connectivity index (χ4v) is 7.01. The summed E-state index contributed by atoms with van der Waals surface area (Å²) in [6.07, 6.45) is 7.71. The highest BCUT2D eigenvalue weighted by atomic mass is 16.7. The quantitative estimate of drug-likeness (QED) is 0.123. The first-order valence-corrected chi connectivity index (χ1v) is 17.9. The van der Waals surface area contributed by atoms with E-state index in [0.717, 1.165) is 54.9 Å². The third-order valence-corrected chi connectivity index (χ3v) is 9.61. The predicted molar refractivity (Wildman–Crippen MR) is 186 cm³/mol. The third kappa shape index (κ3) is 10.4. The molecule has 2 aliphatic rings. The number of nitrogens with zero attached hydrogens (tertiary/aromatic N) is 1. The van der Waals surface area contributed by atoms with E-state index >= 15 is 0 Å². The van der Waals surface area contributed by atoms with Gasteiger partial charge in [-0.15, -0.1) is 0 Å². The molecule has 1 aliphatic carbocycles. The number of carbonyl (C=O) groups is 3. The van der Waals surface area contributed by atoms with Gasteiger partial charge in [-0.3, -0.25) is 9.59 Å². The summed E-state index contributed by atoms with van der Waals surface area (Å²) in [7, 11) is 0. The van der Waals surface area contributed by atoms with Gasteiger partial charge in [0, 0.05) is 18.5 Å². The molecule has 1 aromatic heterocycles. The largest absolute Gasteiger partial charge is 0.461 e. The number of nitrogens with two attached hydrogens (primary N) is 1. The lowest BCUT2D eigenvalue weighted by Crippen LogP contribution is -2.53. The number of carbonyl (C=O) groups excluding carboxylic acids is 3. The summed E-state index contributed by atoms with van der Waals surface area (Å²) >= 11 is 0. The average molecular weight is 677 g/mol. The van der Waals surface area contributed by atoms with Gasteiger partial charge < -0.3 is 35.4 Å². The number of aliphatic hydroxyl groups excluding tert-OH is 1. The summed E-state index contributed by atoms with van der Waals surface area (Å²) in [6, 6.07) is 12.4. The van der Waals surface area contributed by atoms with Gasteiger partial charge in [0.05, 0.1) is 37.1 Å². The van der Waals surface area contributed by atoms with Gasteiger partial charge in [-0.1, -0.05) is 74.6 Å². The molecule has 1 amide bonds. The summed E-state index contributed by atoms with van der Waals surface area (Å²) in [5.74, 6) is -1.29. The smallest absolute Gasteiger partial charge is 0.337 e. The van der Waals surface area contributed by atoms with Gasteiger partial charge in [0.1, 0.15) is 0 Å². The minimum Gasteiger partial charge on any atom is -0.461 e. The first-order chi connectivity index (χ1) is 23.7. The van der Waals surface area contributed by atoms with E-state index in [4.69, 9.17) is 19.9 Å². The summed E-state index contributed by atoms with van der Waals surface area (Å²) in [5, 5.41) is 15.9. The lowest BCUT2D eigenvalue weighted by atomic mass is 9.83. The number of Topliss-reactive ketones (excluding diaryl/α,β-unsaturated/α-hetero) is 1. The molecule has 3 aromatic rings. The Morgan fingerprint density at radius 1 is 1.02 bits per heavy atom. The van der Waals surface area contributed by atoms with Crippen LogP contribution >= 0.6 is 0 Å². The molecule has 0 bridgehead atoms. The number of benzene rings is 2. The van der Waals surface area contributed by atoms with E-state index in [1.54, 1.807) is 20.0 Å². The van der Waals surface area contributed by atoms with Crippen LogP contribution in [-0.2, 0) is 36.6 Å². The van der Waals surface area contributed by atoms with Crippen molar-refractivity contribution in [2.75, 3.05) is 13.2 Å². The van der Waals surface area contributed by atoms with Gasteiger partial charge in [0.25, 0.3) is 0 Å². The summed E-state index contributed by atoms with van der Waals surface area (Å²) in [4.78, 5) is 47.5. The fraction of sp³-hybridized carbons (Fsp3) is 0.579. The first-order valence-electron chi connectivity index (χ1n) is 17.9. The number of hydrogen-bond donors (Lipinski definition) is 4. The van der Waals surface area contributed by atoms with E-state index < -0.39 is 36.2 Å². The molecule has 5 N–H and O–H groups in total. The van der Waals surface area contributed by atoms with E-state index in [9.17, 15) is 19.5 Å². The summed E-state index contributed by atoms with van der Waals surface area (Å²) in [6.45, 7) is 4.71. The number of hydrogen-bond acceptors (Lipinski definition) is 9. The number of imidazole rings is 1. The maximum absolute atomic E-state index is 14.0. The monoisotopic (exact) mass is 676 g/mol. The van der Waals surface area contributed by atoms with E-state index in [0.29, 0.717) is 44.6 Å². The van der Waals surface area contributed by atoms with Crippen molar-refractivity contribution in [1.29, 1.82) is 0 Å². The SMILES string of the molecule is CC(C)OC(=O)C(O)[C@H](CC1CCCCC1)NC(=O)[C@@H](N)Cc1c[nH]c(C(=O)C(CCC2OCCCO2)Cc2cccc3ccccc23)n1. The first kappa shape index (κ1) is 36.6. The number of esters is 1. The molecule has 1 aliphatic heterocycles. The average Bonchev–Trinajstić information content (AvgIpc) is 3.58. The van der Waals surface area contributed by atoms with Crippen LogP contribution in [0.5, 0.6) is 0 Å². The Labute approximate surface area is 288 Å². The highest BCUT2D eigenvalue weighted by Crippen LogP contribution is 2.29. The highest BCUT2D eigenvalue weighted by Gasteiger charge is 2.34. The minimum absolute atomic E-state index is 0.0655. The van der Waals surface area contributed by atoms with Crippen LogP contribution in [0.4, 0.5) is 0 Å². The molecule has 11 nitrogen and oxygen atoms in total. The molecule has 0 spiro atoms. The third-order valence-electron chi connectivity index (χ3n) is 9.61. The van der Waals surface area contributed by atoms with E-state index in [-0.39, 0.29) is 36.2 Å². The Bertz CT molecular complexity index is 1520. The molecule has 2 unspecified atom stereocenters. The zero-order valence-corrected chi connectivity index (χ0v) is 28.8. The number of rotatable bonds is 16. The molecule has 2 fully saturated rings. The Balaban J connectivity index is 1.25. The minimum atomic E-state index is -1.50. The lowest BCUT2D eigenvalue weighted by Gasteiger charge is -2.30. The van der Waals surface area contributed by atoms with Crippen molar-refractivity contribution in [2.45, 2.75) is 115 Å². The van der Waals surface area contributed by atoms with Crippen molar-refractivity contribution in [1.82, 2.24) is 15.3 Å². The number of ketones is 1. The van der Waals surface area contributed by atoms with Gasteiger partial charge in [-0.05, 0) is 68.2 Å². The van der Waals surface area contributed by atoms with E-state index in [1.165, 1.54) is 0 Å². The molecule has 1 saturated heterocycles. The number of aromatic amines is 1. The summed E-state index contributed by atoms with van der Waals surface area (Å²) in [5.41, 5.74) is 7.89. The molecular weight excluding hydrogens is 624 g/mol. The maximum atomic E-state index is 14.0. The van der Waals surface area contributed by atoms with Crippen molar-refractivity contribution in [2.24, 2.45) is 17.6 Å². The normalized spacial score (nSPS) is 18.6. The molecule has 11 heteroatoms. The zero-order chi connectivity index (χ0) is 34.8. The Morgan fingerprint density at radius 3 is 2.51 bits per heavy atom. The second-order valence-corrected chi connectivity index (χ2v) is 13.8. The van der Waals surface area contributed by atoms with Gasteiger partial charge in [-0.2, -0.15) is 0 Å². The highest BCUT2D eigenvalue weighted by molar-refractivity contribution is 5.95. The molecule has 5 rings (SSSR count). The van der Waals surface area contributed by atoms with Gasteiger partial charge in [0.2, 0.25) is 11.7 Å². The van der Waals surface area contributed by atoms with Gasteiger partial charge in [-0.25, -0.2) is 9.78 Å². The molecule has 4 atom stereocenters. The molecule has 2 aromatic carbocycles. The maximum Gasteiger partial charge on any atom is 0.337 e. The van der Waals surface area contributed by atoms with Crippen molar-refractivity contribution in [3.05, 3.63) is 65.7 Å². The van der Waals surface area contributed by atoms with Crippen LogP contribution in [0.25, 0.3) is 10.8 Å². The van der Waals surface area contributed by atoms with Crippen LogP contribution in [-0.4, -0.2) is 76.5 Å². The molecule has 0 radical (unpaired) electrons. The van der Waals surface area contributed by atoms with Crippen molar-refractivity contribution in [3.63, 3.8) is 0 Å². The number of amides is 1. The topological polar surface area (TPSA) is 166 Å². The number of nitrogens with one attached hydrogen (secondary N) is 2. The number of H-pyrrole nitrogens is 1. The summed E-state index contributed by atoms with van der Waals surface area (Å²) < 4.78 is 16.8. The Hall–Kier alpha value is -3.64. The van der Waals surface area contributed by atoms with Crippen LogP contribution in [0.3, 0.4) is 0 Å². The molecule has 266 valence electrons. The lowest BCUT2D eigenvalue weighted by molar-refractivity contribution is -0.182. The van der Waals surface area contributed by atoms with Crippen LogP contribution < -0.4 is 11.1 Å². The fourth-order valence-electron chi connectivity index (χ4n) is 7.01. The number of ether oxygens (including phenoxy) is 3. The number of aromatic nitrogens is 2. The molecule has 1 saturated carbocycles. The van der Waals surface area contributed by atoms with Gasteiger partial charge in [0.15, 0.2) is 18.2 Å². The van der Waals surface area contributed by atoms with Crippen molar-refractivity contribution in [3.8, 4) is 0 Å². The van der Waals surface area contributed by atoms with Crippen LogP contribution in [0.2, 0.25) is 0 Å². The van der Waals surface area contributed by atoms with Crippen LogP contribution in [0, 0.1) is 11.8 Å². The molecular formula is C38H52N4O7. The Kier molecular flexibility index (Phi) is 13.3. The molecule has 2 heterocycles. The van der Waals surface area contributed by atoms with Crippen molar-refractivity contribution >= 4 is 28.4 Å². The standard InChI is InChI=1S/C38H52N4O7/c1-24(2)49-38(46)35(44)32(20-25-10-4-3-5-11-25)42-37(45)31(39)22-29-23-40-36(41-29)34(43)28(16-17-33-47-18-9-19-48-33)21-27-14-8-13-26-12-6-7-15-30(26)27/h6-8,12-15,23-25,28,31-33,35,44H,3-5,9-11,16-22,39H2,1-2H3,(H,40,41)(H,42,45)/t28?,31-,32-,35?/m0/s1. The second-order valence-electron chi connectivity index (χ2n) is 13.8. The number of fused-ring (bicyclic) bond motifs is 1. The Morgan fingerprint density at radius 2 is 1.76 bits per heavy atom. The van der Waals surface area contributed by atoms with E-state index in [1.807, 2.05) is 18.2 Å². The number of aliphatic hydroxyl groups is 1. The van der Waals surface area contributed by atoms with Crippen LogP contribution in [0.15, 0.2) is 48.7 Å². The predicted octanol–water partition coefficient (Wildman–Crippen LogP) is 4.79. The van der Waals surface area contributed by atoms with Crippen molar-refractivity contribution < 1.29 is 33.7 Å². The molecule has 49 heavy (non-hydrogen) atoms. The van der Waals surface area contributed by atoms with Crippen LogP contribution in [0.1, 0.15) is 93.5 Å². The zero-order valence-electron chi connectivity index (χ0n) is 28.8.